The van der Waals surface area contributed by atoms with E-state index in [0.29, 0.717) is 0 Å². The quantitative estimate of drug-likeness (QED) is 0.180. The molecule has 0 spiro atoms. The zero-order valence-electron chi connectivity index (χ0n) is 39.6. The number of fused-ring (bicyclic) bond motifs is 14. The second kappa shape index (κ2) is 15.4. The molecular formula is C67H44N6. The molecule has 4 aromatic heterocycles. The lowest BCUT2D eigenvalue weighted by Gasteiger charge is -2.27. The van der Waals surface area contributed by atoms with Gasteiger partial charge < -0.3 is 23.9 Å². The van der Waals surface area contributed by atoms with E-state index in [1.54, 1.807) is 0 Å². The van der Waals surface area contributed by atoms with E-state index in [2.05, 4.69) is 283 Å². The van der Waals surface area contributed by atoms with Crippen molar-refractivity contribution in [3.8, 4) is 33.9 Å². The highest BCUT2D eigenvalue weighted by molar-refractivity contribution is 6.14. The highest BCUT2D eigenvalue weighted by Crippen LogP contribution is 2.49. The van der Waals surface area contributed by atoms with E-state index in [1.807, 2.05) is 0 Å². The molecule has 1 atom stereocenters. The maximum atomic E-state index is 3.99. The van der Waals surface area contributed by atoms with Crippen LogP contribution in [0.25, 0.3) is 116 Å². The summed E-state index contributed by atoms with van der Waals surface area (Å²) < 4.78 is 9.66. The van der Waals surface area contributed by atoms with E-state index in [-0.39, 0.29) is 6.17 Å². The lowest BCUT2D eigenvalue weighted by atomic mass is 10.0. The van der Waals surface area contributed by atoms with Crippen molar-refractivity contribution in [2.75, 3.05) is 10.2 Å². The van der Waals surface area contributed by atoms with Gasteiger partial charge in [-0.05, 0) is 131 Å². The van der Waals surface area contributed by atoms with Gasteiger partial charge in [0.05, 0.1) is 44.3 Å². The highest BCUT2D eigenvalue weighted by atomic mass is 15.4. The summed E-state index contributed by atoms with van der Waals surface area (Å²) in [6.07, 6.45) is 6.90. The third kappa shape index (κ3) is 5.86. The number of allylic oxidation sites excluding steroid dienone is 2. The van der Waals surface area contributed by atoms with E-state index in [4.69, 9.17) is 0 Å². The topological polar surface area (TPSA) is 35.0 Å². The second-order valence-electron chi connectivity index (χ2n) is 19.4. The molecule has 0 aliphatic carbocycles. The van der Waals surface area contributed by atoms with Crippen LogP contribution in [0, 0.1) is 0 Å². The fourth-order valence-corrected chi connectivity index (χ4v) is 12.3. The number of hydrogen-bond acceptors (Lipinski definition) is 2. The van der Waals surface area contributed by atoms with Crippen molar-refractivity contribution in [1.82, 2.24) is 18.3 Å². The molecule has 6 heterocycles. The largest absolute Gasteiger partial charge is 0.358 e. The average Bonchev–Trinajstić information content (AvgIpc) is 4.28. The minimum atomic E-state index is -0.0548. The van der Waals surface area contributed by atoms with Crippen molar-refractivity contribution >= 4 is 93.4 Å². The molecule has 0 saturated heterocycles. The molecule has 6 heteroatoms. The highest BCUT2D eigenvalue weighted by Gasteiger charge is 2.35. The summed E-state index contributed by atoms with van der Waals surface area (Å²) in [5.41, 5.74) is 18.7. The standard InChI is InChI=1S/C67H44N6/c1-4-16-47(17-5-1)70-58-25-13-10-22-51(58)55-38-43(29-34-61(55)70)45-28-33-54-64(40-45)73(50-32-36-63-57(41-50)53-24-12-15-27-60(53)72(63)49-20-8-3-9-21-49)67-66(54)68-65-37-31-46(42-69(65)67)44-30-35-62-56(39-44)52-23-11-14-26-59(52)71(62)48-18-6-2-7-19-48/h1-42,65,68H. The molecule has 0 bridgehead atoms. The third-order valence-corrected chi connectivity index (χ3v) is 15.5. The van der Waals surface area contributed by atoms with Crippen molar-refractivity contribution in [2.45, 2.75) is 6.17 Å². The SMILES string of the molecule is C1=CC2Nc3c(n(-c4ccc5c(c4)c4ccccc4n5-c4ccccc4)c4cc(-c5ccc6c(c5)c5ccccc5n6-c5ccccc5)ccc34)N2C=C1c1ccc2c(c1)c1ccccc1n2-c1ccccc1. The summed E-state index contributed by atoms with van der Waals surface area (Å²) in [4.78, 5) is 2.45. The van der Waals surface area contributed by atoms with Crippen molar-refractivity contribution in [3.63, 3.8) is 0 Å². The van der Waals surface area contributed by atoms with Crippen LogP contribution in [0.4, 0.5) is 11.5 Å². The molecule has 0 radical (unpaired) electrons. The van der Waals surface area contributed by atoms with Crippen LogP contribution in [-0.2, 0) is 0 Å². The van der Waals surface area contributed by atoms with Crippen LogP contribution in [0.2, 0.25) is 0 Å². The number of nitrogens with zero attached hydrogens (tertiary/aromatic N) is 5. The van der Waals surface area contributed by atoms with Gasteiger partial charge in [-0.2, -0.15) is 0 Å². The number of anilines is 2. The Kier molecular flexibility index (Phi) is 8.42. The van der Waals surface area contributed by atoms with Gasteiger partial charge in [-0.15, -0.1) is 0 Å². The Bertz CT molecular complexity index is 4640. The van der Waals surface area contributed by atoms with Crippen LogP contribution in [0.15, 0.2) is 255 Å². The molecule has 2 aliphatic rings. The molecule has 14 aromatic rings. The first kappa shape index (κ1) is 40.0. The minimum absolute atomic E-state index is 0.0548. The van der Waals surface area contributed by atoms with Crippen LogP contribution in [-0.4, -0.2) is 24.4 Å². The van der Waals surface area contributed by atoms with Gasteiger partial charge in [-0.25, -0.2) is 0 Å². The van der Waals surface area contributed by atoms with Gasteiger partial charge in [0.25, 0.3) is 0 Å². The molecule has 73 heavy (non-hydrogen) atoms. The molecule has 0 fully saturated rings. The van der Waals surface area contributed by atoms with Crippen LogP contribution >= 0.6 is 0 Å². The first-order chi connectivity index (χ1) is 36.2. The number of rotatable bonds is 6. The lowest BCUT2D eigenvalue weighted by molar-refractivity contribution is 0.881. The van der Waals surface area contributed by atoms with Crippen LogP contribution in [0.3, 0.4) is 0 Å². The Balaban J connectivity index is 0.896. The van der Waals surface area contributed by atoms with E-state index < -0.39 is 0 Å². The van der Waals surface area contributed by atoms with Crippen molar-refractivity contribution in [2.24, 2.45) is 0 Å². The number of para-hydroxylation sites is 6. The summed E-state index contributed by atoms with van der Waals surface area (Å²) in [5, 5.41) is 12.6. The molecular weight excluding hydrogens is 889 g/mol. The van der Waals surface area contributed by atoms with E-state index in [1.165, 1.54) is 87.5 Å². The Hall–Kier alpha value is -9.78. The van der Waals surface area contributed by atoms with Crippen molar-refractivity contribution in [1.29, 1.82) is 0 Å². The van der Waals surface area contributed by atoms with Gasteiger partial charge in [0, 0.05) is 66.7 Å². The Labute approximate surface area is 420 Å². The van der Waals surface area contributed by atoms with Gasteiger partial charge in [0.15, 0.2) is 0 Å². The predicted octanol–water partition coefficient (Wildman–Crippen LogP) is 16.8. The smallest absolute Gasteiger partial charge is 0.144 e. The summed E-state index contributed by atoms with van der Waals surface area (Å²) in [7, 11) is 0. The van der Waals surface area contributed by atoms with Gasteiger partial charge in [0.2, 0.25) is 0 Å². The monoisotopic (exact) mass is 932 g/mol. The molecule has 10 aromatic carbocycles. The first-order valence-corrected chi connectivity index (χ1v) is 25.1. The number of benzene rings is 10. The fourth-order valence-electron chi connectivity index (χ4n) is 12.3. The van der Waals surface area contributed by atoms with Crippen LogP contribution < -0.4 is 10.2 Å². The van der Waals surface area contributed by atoms with E-state index in [0.717, 1.165) is 45.3 Å². The number of nitrogens with one attached hydrogen (secondary N) is 1. The Morgan fingerprint density at radius 2 is 0.740 bits per heavy atom. The van der Waals surface area contributed by atoms with Crippen LogP contribution in [0.1, 0.15) is 5.56 Å². The van der Waals surface area contributed by atoms with Crippen molar-refractivity contribution in [3.05, 3.63) is 261 Å². The van der Waals surface area contributed by atoms with Gasteiger partial charge in [0.1, 0.15) is 12.0 Å². The van der Waals surface area contributed by atoms with Gasteiger partial charge >= 0.3 is 0 Å². The Morgan fingerprint density at radius 1 is 0.301 bits per heavy atom. The predicted molar refractivity (Wildman–Crippen MR) is 305 cm³/mol. The minimum Gasteiger partial charge on any atom is -0.358 e. The average molecular weight is 933 g/mol. The molecule has 342 valence electrons. The molecule has 16 rings (SSSR count). The molecule has 1 unspecified atom stereocenters. The second-order valence-corrected chi connectivity index (χ2v) is 19.4. The number of aromatic nitrogens is 4. The Morgan fingerprint density at radius 3 is 1.30 bits per heavy atom. The zero-order chi connectivity index (χ0) is 47.7. The zero-order valence-corrected chi connectivity index (χ0v) is 39.6. The van der Waals surface area contributed by atoms with E-state index in [9.17, 15) is 0 Å². The van der Waals surface area contributed by atoms with E-state index >= 15 is 0 Å². The summed E-state index contributed by atoms with van der Waals surface area (Å²) in [6.45, 7) is 0. The normalized spacial score (nSPS) is 14.3. The molecule has 6 nitrogen and oxygen atoms in total. The van der Waals surface area contributed by atoms with Crippen molar-refractivity contribution < 1.29 is 0 Å². The molecule has 0 saturated carbocycles. The third-order valence-electron chi connectivity index (χ3n) is 15.5. The van der Waals surface area contributed by atoms with Crippen LogP contribution in [0.5, 0.6) is 0 Å². The summed E-state index contributed by atoms with van der Waals surface area (Å²) in [6, 6.07) is 86.4. The molecule has 2 aliphatic heterocycles. The number of hydrogen-bond donors (Lipinski definition) is 1. The summed E-state index contributed by atoms with van der Waals surface area (Å²) >= 11 is 0. The van der Waals surface area contributed by atoms with Gasteiger partial charge in [-0.1, -0.05) is 140 Å². The maximum Gasteiger partial charge on any atom is 0.144 e. The molecule has 1 N–H and O–H groups in total. The lowest BCUT2D eigenvalue weighted by Crippen LogP contribution is -2.32. The molecule has 0 amide bonds. The maximum absolute atomic E-state index is 3.99. The summed E-state index contributed by atoms with van der Waals surface area (Å²) in [5.74, 6) is 1.12. The first-order valence-electron chi connectivity index (χ1n) is 25.1. The van der Waals surface area contributed by atoms with Gasteiger partial charge in [-0.3, -0.25) is 4.57 Å². The fraction of sp³-hybridized carbons (Fsp3) is 0.0149.